The van der Waals surface area contributed by atoms with Crippen molar-refractivity contribution in [1.29, 1.82) is 0 Å². The molecule has 3 N–H and O–H groups in total. The quantitative estimate of drug-likeness (QED) is 0.733. The van der Waals surface area contributed by atoms with Crippen molar-refractivity contribution in [2.45, 2.75) is 13.5 Å². The first-order chi connectivity index (χ1) is 8.20. The number of nitrogens with zero attached hydrogens (tertiary/aromatic N) is 1. The number of H-pyrrole nitrogens is 1. The molecule has 92 valence electrons. The molecule has 2 aromatic rings. The van der Waals surface area contributed by atoms with E-state index in [-0.39, 0.29) is 18.1 Å². The van der Waals surface area contributed by atoms with Gasteiger partial charge in [0.25, 0.3) is 5.56 Å². The number of aliphatic hydroxyl groups is 1. The number of aromatic amines is 1. The summed E-state index contributed by atoms with van der Waals surface area (Å²) in [7, 11) is 0. The van der Waals surface area contributed by atoms with Crippen LogP contribution in [-0.2, 0) is 6.54 Å². The summed E-state index contributed by atoms with van der Waals surface area (Å²) in [6.07, 6.45) is 0. The standard InChI is InChI=1S/C11H15N3O2S/c1-7(6-15)4-12-5-9-13-8-2-3-17-10(8)11(16)14-9/h2-3,7,12,15H,4-6H2,1H3,(H,13,14,16). The van der Waals surface area contributed by atoms with Crippen LogP contribution in [0.4, 0.5) is 0 Å². The van der Waals surface area contributed by atoms with Crippen molar-refractivity contribution in [2.75, 3.05) is 13.2 Å². The second kappa shape index (κ2) is 5.39. The van der Waals surface area contributed by atoms with Crippen LogP contribution < -0.4 is 10.9 Å². The van der Waals surface area contributed by atoms with Gasteiger partial charge in [-0.25, -0.2) is 4.98 Å². The van der Waals surface area contributed by atoms with E-state index in [9.17, 15) is 4.79 Å². The molecule has 0 saturated heterocycles. The first-order valence-corrected chi connectivity index (χ1v) is 6.36. The average Bonchev–Trinajstić information content (AvgIpc) is 2.77. The Morgan fingerprint density at radius 1 is 1.65 bits per heavy atom. The third-order valence-electron chi connectivity index (χ3n) is 2.46. The SMILES string of the molecule is CC(CO)CNCc1nc2ccsc2c(=O)[nH]1. The molecule has 2 heterocycles. The second-order valence-corrected chi connectivity index (χ2v) is 4.98. The zero-order chi connectivity index (χ0) is 12.3. The topological polar surface area (TPSA) is 78.0 Å². The molecular formula is C11H15N3O2S. The molecule has 0 fully saturated rings. The van der Waals surface area contributed by atoms with Crippen molar-refractivity contribution < 1.29 is 5.11 Å². The Bertz CT molecular complexity index is 549. The van der Waals surface area contributed by atoms with Crippen LogP contribution in [0.5, 0.6) is 0 Å². The molecular weight excluding hydrogens is 238 g/mol. The van der Waals surface area contributed by atoms with Gasteiger partial charge in [-0.3, -0.25) is 4.79 Å². The van der Waals surface area contributed by atoms with Gasteiger partial charge < -0.3 is 15.4 Å². The van der Waals surface area contributed by atoms with Crippen LogP contribution in [-0.4, -0.2) is 28.2 Å². The van der Waals surface area contributed by atoms with Gasteiger partial charge in [-0.2, -0.15) is 0 Å². The Morgan fingerprint density at radius 3 is 3.24 bits per heavy atom. The maximum Gasteiger partial charge on any atom is 0.268 e. The summed E-state index contributed by atoms with van der Waals surface area (Å²) in [5.41, 5.74) is 0.655. The predicted octanol–water partition coefficient (Wildman–Crippen LogP) is 0.703. The third kappa shape index (κ3) is 2.91. The van der Waals surface area contributed by atoms with Gasteiger partial charge in [0, 0.05) is 13.2 Å². The molecule has 1 unspecified atom stereocenters. The fourth-order valence-corrected chi connectivity index (χ4v) is 2.23. The van der Waals surface area contributed by atoms with E-state index in [1.165, 1.54) is 11.3 Å². The molecule has 6 heteroatoms. The van der Waals surface area contributed by atoms with Crippen LogP contribution in [0.2, 0.25) is 0 Å². The fraction of sp³-hybridized carbons (Fsp3) is 0.455. The smallest absolute Gasteiger partial charge is 0.268 e. The Hall–Kier alpha value is -1.24. The highest BCUT2D eigenvalue weighted by atomic mass is 32.1. The number of aliphatic hydroxyl groups excluding tert-OH is 1. The summed E-state index contributed by atoms with van der Waals surface area (Å²) in [6.45, 7) is 3.30. The molecule has 5 nitrogen and oxygen atoms in total. The van der Waals surface area contributed by atoms with Crippen molar-refractivity contribution in [3.05, 3.63) is 27.6 Å². The average molecular weight is 253 g/mol. The highest BCUT2D eigenvalue weighted by Gasteiger charge is 2.05. The number of rotatable bonds is 5. The van der Waals surface area contributed by atoms with Gasteiger partial charge in [0.05, 0.1) is 12.1 Å². The summed E-state index contributed by atoms with van der Waals surface area (Å²) in [4.78, 5) is 18.8. The highest BCUT2D eigenvalue weighted by molar-refractivity contribution is 7.17. The normalized spacial score (nSPS) is 13.1. The summed E-state index contributed by atoms with van der Waals surface area (Å²) in [5.74, 6) is 0.831. The fourth-order valence-electron chi connectivity index (χ4n) is 1.51. The van der Waals surface area contributed by atoms with Crippen molar-refractivity contribution in [3.8, 4) is 0 Å². The highest BCUT2D eigenvalue weighted by Crippen LogP contribution is 2.13. The Labute approximate surface area is 103 Å². The minimum Gasteiger partial charge on any atom is -0.396 e. The number of hydrogen-bond donors (Lipinski definition) is 3. The van der Waals surface area contributed by atoms with Crippen LogP contribution in [0.3, 0.4) is 0 Å². The van der Waals surface area contributed by atoms with Crippen molar-refractivity contribution >= 4 is 21.6 Å². The van der Waals surface area contributed by atoms with E-state index < -0.39 is 0 Å². The molecule has 0 saturated carbocycles. The maximum atomic E-state index is 11.7. The lowest BCUT2D eigenvalue weighted by Crippen LogP contribution is -2.25. The van der Waals surface area contributed by atoms with Crippen LogP contribution in [0.25, 0.3) is 10.2 Å². The van der Waals surface area contributed by atoms with E-state index in [0.717, 1.165) is 5.52 Å². The number of thiophene rings is 1. The lowest BCUT2D eigenvalue weighted by atomic mass is 10.2. The molecule has 0 bridgehead atoms. The van der Waals surface area contributed by atoms with E-state index >= 15 is 0 Å². The Morgan fingerprint density at radius 2 is 2.47 bits per heavy atom. The Kier molecular flexibility index (Phi) is 3.88. The van der Waals surface area contributed by atoms with Gasteiger partial charge in [-0.1, -0.05) is 6.92 Å². The largest absolute Gasteiger partial charge is 0.396 e. The third-order valence-corrected chi connectivity index (χ3v) is 3.36. The molecule has 2 aromatic heterocycles. The van der Waals surface area contributed by atoms with E-state index in [1.807, 2.05) is 18.4 Å². The van der Waals surface area contributed by atoms with Gasteiger partial charge in [0.2, 0.25) is 0 Å². The van der Waals surface area contributed by atoms with Crippen molar-refractivity contribution in [2.24, 2.45) is 5.92 Å². The molecule has 1 atom stereocenters. The molecule has 0 aliphatic carbocycles. The van der Waals surface area contributed by atoms with Gasteiger partial charge in [-0.15, -0.1) is 11.3 Å². The Balaban J connectivity index is 2.06. The summed E-state index contributed by atoms with van der Waals surface area (Å²) in [5, 5.41) is 13.9. The van der Waals surface area contributed by atoms with Crippen molar-refractivity contribution in [3.63, 3.8) is 0 Å². The van der Waals surface area contributed by atoms with Gasteiger partial charge in [0.15, 0.2) is 0 Å². The summed E-state index contributed by atoms with van der Waals surface area (Å²) < 4.78 is 0.664. The van der Waals surface area contributed by atoms with Gasteiger partial charge in [-0.05, 0) is 17.4 Å². The predicted molar refractivity (Wildman–Crippen MR) is 68.2 cm³/mol. The van der Waals surface area contributed by atoms with Gasteiger partial charge in [0.1, 0.15) is 10.5 Å². The molecule has 0 amide bonds. The minimum atomic E-state index is -0.0861. The molecule has 0 aromatic carbocycles. The zero-order valence-electron chi connectivity index (χ0n) is 9.56. The van der Waals surface area contributed by atoms with E-state index in [0.29, 0.717) is 23.6 Å². The number of fused-ring (bicyclic) bond motifs is 1. The zero-order valence-corrected chi connectivity index (χ0v) is 10.4. The number of nitrogens with one attached hydrogen (secondary N) is 2. The van der Waals surface area contributed by atoms with Crippen LogP contribution in [0.15, 0.2) is 16.2 Å². The van der Waals surface area contributed by atoms with Crippen LogP contribution >= 0.6 is 11.3 Å². The first-order valence-electron chi connectivity index (χ1n) is 5.48. The molecule has 0 aliphatic heterocycles. The lowest BCUT2D eigenvalue weighted by molar-refractivity contribution is 0.233. The first kappa shape index (κ1) is 12.2. The summed E-state index contributed by atoms with van der Waals surface area (Å²) in [6, 6.07) is 1.84. The number of hydrogen-bond acceptors (Lipinski definition) is 5. The molecule has 0 spiro atoms. The molecule has 2 rings (SSSR count). The minimum absolute atomic E-state index is 0.0861. The maximum absolute atomic E-state index is 11.7. The van der Waals surface area contributed by atoms with Gasteiger partial charge >= 0.3 is 0 Å². The lowest BCUT2D eigenvalue weighted by Gasteiger charge is -2.08. The van der Waals surface area contributed by atoms with E-state index in [4.69, 9.17) is 5.11 Å². The monoisotopic (exact) mass is 253 g/mol. The van der Waals surface area contributed by atoms with E-state index in [1.54, 1.807) is 0 Å². The second-order valence-electron chi connectivity index (χ2n) is 4.07. The molecule has 17 heavy (non-hydrogen) atoms. The van der Waals surface area contributed by atoms with Crippen molar-refractivity contribution in [1.82, 2.24) is 15.3 Å². The molecule has 0 radical (unpaired) electrons. The van der Waals surface area contributed by atoms with Crippen LogP contribution in [0, 0.1) is 5.92 Å². The van der Waals surface area contributed by atoms with Crippen LogP contribution in [0.1, 0.15) is 12.7 Å². The summed E-state index contributed by atoms with van der Waals surface area (Å²) >= 11 is 1.40. The van der Waals surface area contributed by atoms with E-state index in [2.05, 4.69) is 15.3 Å². The number of aromatic nitrogens is 2. The molecule has 0 aliphatic rings.